The third-order valence-electron chi connectivity index (χ3n) is 2.80. The van der Waals surface area contributed by atoms with Gasteiger partial charge in [-0.3, -0.25) is 0 Å². The van der Waals surface area contributed by atoms with Crippen LogP contribution in [0.4, 0.5) is 5.69 Å². The highest BCUT2D eigenvalue weighted by atomic mass is 79.9. The molecule has 0 spiro atoms. The molecular weight excluding hydrogens is 340 g/mol. The number of nitriles is 1. The van der Waals surface area contributed by atoms with Gasteiger partial charge in [-0.25, -0.2) is 0 Å². The highest BCUT2D eigenvalue weighted by Gasteiger charge is 2.04. The molecule has 5 heteroatoms. The second kappa shape index (κ2) is 6.65. The van der Waals surface area contributed by atoms with Gasteiger partial charge in [-0.15, -0.1) is 0 Å². The minimum Gasteiger partial charge on any atom is -0.495 e. The molecule has 0 saturated carbocycles. The lowest BCUT2D eigenvalue weighted by Crippen LogP contribution is -2.00. The minimum absolute atomic E-state index is 0.533. The van der Waals surface area contributed by atoms with Crippen LogP contribution in [0.2, 0.25) is 5.02 Å². The molecule has 20 heavy (non-hydrogen) atoms. The van der Waals surface area contributed by atoms with Gasteiger partial charge in [-0.05, 0) is 51.8 Å². The van der Waals surface area contributed by atoms with Crippen LogP contribution >= 0.6 is 27.5 Å². The van der Waals surface area contributed by atoms with Crippen molar-refractivity contribution in [2.45, 2.75) is 6.54 Å². The maximum Gasteiger partial charge on any atom is 0.136 e. The molecule has 1 N–H and O–H groups in total. The molecule has 0 bridgehead atoms. The Labute approximate surface area is 131 Å². The van der Waals surface area contributed by atoms with E-state index in [9.17, 15) is 0 Å². The van der Waals surface area contributed by atoms with Crippen LogP contribution in [0.3, 0.4) is 0 Å². The number of halogens is 2. The van der Waals surface area contributed by atoms with Crippen molar-refractivity contribution in [2.24, 2.45) is 0 Å². The van der Waals surface area contributed by atoms with E-state index in [2.05, 4.69) is 27.3 Å². The van der Waals surface area contributed by atoms with E-state index in [-0.39, 0.29) is 0 Å². The summed E-state index contributed by atoms with van der Waals surface area (Å²) in [5.74, 6) is 0.587. The first-order valence-corrected chi connectivity index (χ1v) is 7.07. The number of benzene rings is 2. The summed E-state index contributed by atoms with van der Waals surface area (Å²) in [5.41, 5.74) is 2.53. The van der Waals surface area contributed by atoms with Crippen LogP contribution in [0.1, 0.15) is 11.1 Å². The normalized spacial score (nSPS) is 9.90. The highest BCUT2D eigenvalue weighted by Crippen LogP contribution is 2.26. The molecule has 102 valence electrons. The van der Waals surface area contributed by atoms with E-state index in [0.717, 1.165) is 15.7 Å². The predicted molar refractivity (Wildman–Crippen MR) is 84.2 cm³/mol. The maximum absolute atomic E-state index is 8.94. The van der Waals surface area contributed by atoms with Gasteiger partial charge in [0.15, 0.2) is 0 Å². The SMILES string of the molecule is COc1cc(CNc2ccc(Cl)c(Br)c2)ccc1C#N. The van der Waals surface area contributed by atoms with E-state index in [1.807, 2.05) is 30.3 Å². The van der Waals surface area contributed by atoms with E-state index < -0.39 is 0 Å². The zero-order chi connectivity index (χ0) is 14.5. The Morgan fingerprint density at radius 2 is 2.10 bits per heavy atom. The monoisotopic (exact) mass is 350 g/mol. The molecule has 0 saturated heterocycles. The molecule has 0 unspecified atom stereocenters. The van der Waals surface area contributed by atoms with Crippen molar-refractivity contribution in [1.82, 2.24) is 0 Å². The second-order valence-corrected chi connectivity index (χ2v) is 5.39. The lowest BCUT2D eigenvalue weighted by Gasteiger charge is -2.09. The first kappa shape index (κ1) is 14.7. The Hall–Kier alpha value is -1.70. The molecule has 0 aromatic heterocycles. The third kappa shape index (κ3) is 3.44. The average Bonchev–Trinajstić information content (AvgIpc) is 2.48. The zero-order valence-electron chi connectivity index (χ0n) is 10.8. The molecule has 0 radical (unpaired) electrons. The quantitative estimate of drug-likeness (QED) is 0.876. The first-order valence-electron chi connectivity index (χ1n) is 5.90. The zero-order valence-corrected chi connectivity index (χ0v) is 13.1. The number of hydrogen-bond donors (Lipinski definition) is 1. The van der Waals surface area contributed by atoms with Gasteiger partial charge >= 0.3 is 0 Å². The van der Waals surface area contributed by atoms with Crippen molar-refractivity contribution in [3.05, 3.63) is 57.0 Å². The Morgan fingerprint density at radius 1 is 1.30 bits per heavy atom. The third-order valence-corrected chi connectivity index (χ3v) is 4.02. The second-order valence-electron chi connectivity index (χ2n) is 4.13. The first-order chi connectivity index (χ1) is 9.63. The van der Waals surface area contributed by atoms with Gasteiger partial charge in [0.1, 0.15) is 11.8 Å². The van der Waals surface area contributed by atoms with E-state index in [4.69, 9.17) is 21.6 Å². The average molecular weight is 352 g/mol. The van der Waals surface area contributed by atoms with Gasteiger partial charge in [0.05, 0.1) is 17.7 Å². The molecule has 0 fully saturated rings. The van der Waals surface area contributed by atoms with Crippen LogP contribution in [0.5, 0.6) is 5.75 Å². The predicted octanol–water partition coefficient (Wildman–Crippen LogP) is 4.59. The summed E-state index contributed by atoms with van der Waals surface area (Å²) in [5, 5.41) is 12.9. The van der Waals surface area contributed by atoms with Crippen molar-refractivity contribution in [3.8, 4) is 11.8 Å². The van der Waals surface area contributed by atoms with Gasteiger partial charge in [0, 0.05) is 16.7 Å². The van der Waals surface area contributed by atoms with Gasteiger partial charge in [-0.2, -0.15) is 5.26 Å². The Kier molecular flexibility index (Phi) is 4.89. The van der Waals surface area contributed by atoms with Gasteiger partial charge in [-0.1, -0.05) is 17.7 Å². The van der Waals surface area contributed by atoms with Gasteiger partial charge in [0.2, 0.25) is 0 Å². The van der Waals surface area contributed by atoms with Crippen LogP contribution in [-0.4, -0.2) is 7.11 Å². The summed E-state index contributed by atoms with van der Waals surface area (Å²) < 4.78 is 6.04. The molecule has 0 atom stereocenters. The molecule has 2 rings (SSSR count). The number of ether oxygens (including phenoxy) is 1. The van der Waals surface area contributed by atoms with Gasteiger partial charge in [0.25, 0.3) is 0 Å². The Balaban J connectivity index is 2.11. The molecular formula is C15H12BrClN2O. The van der Waals surface area contributed by atoms with Crippen molar-refractivity contribution in [2.75, 3.05) is 12.4 Å². The van der Waals surface area contributed by atoms with Gasteiger partial charge < -0.3 is 10.1 Å². The molecule has 2 aromatic rings. The van der Waals surface area contributed by atoms with E-state index in [1.165, 1.54) is 0 Å². The molecule has 0 aliphatic rings. The summed E-state index contributed by atoms with van der Waals surface area (Å²) in [4.78, 5) is 0. The van der Waals surface area contributed by atoms with Crippen LogP contribution in [0, 0.1) is 11.3 Å². The number of anilines is 1. The van der Waals surface area contributed by atoms with Crippen molar-refractivity contribution < 1.29 is 4.74 Å². The fourth-order valence-electron chi connectivity index (χ4n) is 1.75. The maximum atomic E-state index is 8.94. The van der Waals surface area contributed by atoms with E-state index in [0.29, 0.717) is 22.9 Å². The number of methoxy groups -OCH3 is 1. The Bertz CT molecular complexity index is 667. The van der Waals surface area contributed by atoms with Crippen LogP contribution in [-0.2, 0) is 6.54 Å². The van der Waals surface area contributed by atoms with E-state index in [1.54, 1.807) is 13.2 Å². The molecule has 2 aromatic carbocycles. The Morgan fingerprint density at radius 3 is 2.75 bits per heavy atom. The lowest BCUT2D eigenvalue weighted by molar-refractivity contribution is 0.413. The van der Waals surface area contributed by atoms with Crippen LogP contribution in [0.25, 0.3) is 0 Å². The number of rotatable bonds is 4. The minimum atomic E-state index is 0.533. The molecule has 0 heterocycles. The summed E-state index contributed by atoms with van der Waals surface area (Å²) in [6.45, 7) is 0.635. The number of hydrogen-bond acceptors (Lipinski definition) is 3. The van der Waals surface area contributed by atoms with Crippen LogP contribution < -0.4 is 10.1 Å². The lowest BCUT2D eigenvalue weighted by atomic mass is 10.1. The van der Waals surface area contributed by atoms with Crippen molar-refractivity contribution in [3.63, 3.8) is 0 Å². The van der Waals surface area contributed by atoms with Crippen molar-refractivity contribution >= 4 is 33.2 Å². The fourth-order valence-corrected chi connectivity index (χ4v) is 2.24. The largest absolute Gasteiger partial charge is 0.495 e. The summed E-state index contributed by atoms with van der Waals surface area (Å²) in [7, 11) is 1.56. The molecule has 0 aliphatic heterocycles. The van der Waals surface area contributed by atoms with Crippen LogP contribution in [0.15, 0.2) is 40.9 Å². The standard InChI is InChI=1S/C15H12BrClN2O/c1-20-15-6-10(2-3-11(15)8-18)9-19-12-4-5-14(17)13(16)7-12/h2-7,19H,9H2,1H3. The molecule has 3 nitrogen and oxygen atoms in total. The number of nitrogens with zero attached hydrogens (tertiary/aromatic N) is 1. The fraction of sp³-hybridized carbons (Fsp3) is 0.133. The van der Waals surface area contributed by atoms with Crippen molar-refractivity contribution in [1.29, 1.82) is 5.26 Å². The van der Waals surface area contributed by atoms with E-state index >= 15 is 0 Å². The summed E-state index contributed by atoms with van der Waals surface area (Å²) in [6, 6.07) is 13.3. The molecule has 0 aliphatic carbocycles. The highest BCUT2D eigenvalue weighted by molar-refractivity contribution is 9.10. The topological polar surface area (TPSA) is 45.0 Å². The smallest absolute Gasteiger partial charge is 0.136 e. The summed E-state index contributed by atoms with van der Waals surface area (Å²) in [6.07, 6.45) is 0. The number of nitrogens with one attached hydrogen (secondary N) is 1. The molecule has 0 amide bonds. The summed E-state index contributed by atoms with van der Waals surface area (Å²) >= 11 is 9.33.